The molecule has 30 heavy (non-hydrogen) atoms. The molecule has 0 bridgehead atoms. The number of benzene rings is 1. The molecule has 7 heteroatoms. The van der Waals surface area contributed by atoms with Crippen molar-refractivity contribution in [3.63, 3.8) is 0 Å². The average molecular weight is 408 g/mol. The summed E-state index contributed by atoms with van der Waals surface area (Å²) in [6.07, 6.45) is 5.70. The van der Waals surface area contributed by atoms with Crippen LogP contribution in [-0.4, -0.2) is 63.9 Å². The first-order valence-corrected chi connectivity index (χ1v) is 10.5. The largest absolute Gasteiger partial charge is 0.497 e. The lowest BCUT2D eigenvalue weighted by atomic mass is 9.93. The Morgan fingerprint density at radius 2 is 1.90 bits per heavy atom. The number of aromatic nitrogens is 3. The minimum absolute atomic E-state index is 0.0843. The monoisotopic (exact) mass is 407 g/mol. The number of imidazole rings is 1. The van der Waals surface area contributed by atoms with E-state index in [-0.39, 0.29) is 5.91 Å². The van der Waals surface area contributed by atoms with Gasteiger partial charge in [-0.3, -0.25) is 14.1 Å². The lowest BCUT2D eigenvalue weighted by molar-refractivity contribution is 0.0799. The molecule has 0 radical (unpaired) electrons. The van der Waals surface area contributed by atoms with Gasteiger partial charge < -0.3 is 9.64 Å². The van der Waals surface area contributed by atoms with Crippen LogP contribution >= 0.6 is 0 Å². The van der Waals surface area contributed by atoms with Gasteiger partial charge in [-0.2, -0.15) is 0 Å². The van der Waals surface area contributed by atoms with Crippen molar-refractivity contribution < 1.29 is 9.53 Å². The van der Waals surface area contributed by atoms with Gasteiger partial charge in [0, 0.05) is 37.9 Å². The summed E-state index contributed by atoms with van der Waals surface area (Å²) in [5.41, 5.74) is 3.57. The van der Waals surface area contributed by atoms with Gasteiger partial charge in [0.05, 0.1) is 7.11 Å². The van der Waals surface area contributed by atoms with E-state index in [1.807, 2.05) is 23.5 Å². The molecular weight excluding hydrogens is 378 g/mol. The fourth-order valence-electron chi connectivity index (χ4n) is 4.10. The predicted molar refractivity (Wildman–Crippen MR) is 116 cm³/mol. The highest BCUT2D eigenvalue weighted by atomic mass is 16.5. The van der Waals surface area contributed by atoms with Crippen molar-refractivity contribution in [3.05, 3.63) is 59.8 Å². The number of amides is 1. The molecule has 3 heterocycles. The zero-order chi connectivity index (χ0) is 21.1. The molecule has 2 aromatic heterocycles. The molecule has 0 N–H and O–H groups in total. The highest BCUT2D eigenvalue weighted by Crippen LogP contribution is 2.29. The molecule has 1 aliphatic heterocycles. The summed E-state index contributed by atoms with van der Waals surface area (Å²) >= 11 is 0. The molecule has 1 saturated heterocycles. The predicted octanol–water partition coefficient (Wildman–Crippen LogP) is 3.21. The van der Waals surface area contributed by atoms with Crippen LogP contribution < -0.4 is 4.74 Å². The van der Waals surface area contributed by atoms with E-state index in [0.29, 0.717) is 23.8 Å². The number of ether oxygens (including phenoxy) is 1. The van der Waals surface area contributed by atoms with Crippen LogP contribution in [0.1, 0.15) is 47.4 Å². The normalized spacial score (nSPS) is 15.4. The van der Waals surface area contributed by atoms with Gasteiger partial charge in [0.25, 0.3) is 5.91 Å². The zero-order valence-electron chi connectivity index (χ0n) is 17.9. The topological polar surface area (TPSA) is 63.0 Å². The number of fused-ring (bicyclic) bond motifs is 1. The average Bonchev–Trinajstić information content (AvgIpc) is 3.23. The Hall–Kier alpha value is -2.93. The van der Waals surface area contributed by atoms with Crippen LogP contribution in [0.15, 0.2) is 42.9 Å². The number of hydrogen-bond acceptors (Lipinski definition) is 5. The van der Waals surface area contributed by atoms with E-state index in [0.717, 1.165) is 38.2 Å². The van der Waals surface area contributed by atoms with Crippen LogP contribution in [0.4, 0.5) is 0 Å². The fourth-order valence-corrected chi connectivity index (χ4v) is 4.10. The van der Waals surface area contributed by atoms with Gasteiger partial charge in [-0.05, 0) is 56.6 Å². The Kier molecular flexibility index (Phi) is 5.99. The number of rotatable bonds is 6. The van der Waals surface area contributed by atoms with Crippen molar-refractivity contribution in [3.8, 4) is 5.75 Å². The van der Waals surface area contributed by atoms with Crippen LogP contribution in [0.25, 0.3) is 5.65 Å². The number of nitrogens with zero attached hydrogens (tertiary/aromatic N) is 5. The Morgan fingerprint density at radius 1 is 1.17 bits per heavy atom. The molecule has 0 unspecified atom stereocenters. The van der Waals surface area contributed by atoms with Gasteiger partial charge in [-0.1, -0.05) is 12.1 Å². The molecule has 0 saturated carbocycles. The maximum atomic E-state index is 12.6. The molecule has 3 aromatic rings. The number of piperidine rings is 1. The summed E-state index contributed by atoms with van der Waals surface area (Å²) in [5.74, 6) is 1.24. The van der Waals surface area contributed by atoms with Gasteiger partial charge in [-0.15, -0.1) is 0 Å². The Balaban J connectivity index is 1.45. The second-order valence-electron chi connectivity index (χ2n) is 7.87. The summed E-state index contributed by atoms with van der Waals surface area (Å²) in [5, 5.41) is 0. The fraction of sp³-hybridized carbons (Fsp3) is 0.435. The van der Waals surface area contributed by atoms with E-state index in [4.69, 9.17) is 4.74 Å². The summed E-state index contributed by atoms with van der Waals surface area (Å²) in [6, 6.07) is 10.4. The highest BCUT2D eigenvalue weighted by Gasteiger charge is 2.25. The van der Waals surface area contributed by atoms with Crippen LogP contribution in [0.5, 0.6) is 5.75 Å². The quantitative estimate of drug-likeness (QED) is 0.628. The maximum Gasteiger partial charge on any atom is 0.276 e. The van der Waals surface area contributed by atoms with E-state index in [1.165, 1.54) is 11.3 Å². The van der Waals surface area contributed by atoms with Crippen molar-refractivity contribution >= 4 is 11.6 Å². The summed E-state index contributed by atoms with van der Waals surface area (Å²) < 4.78 is 7.24. The Labute approximate surface area is 177 Å². The number of carbonyl (C=O) groups is 1. The molecule has 7 nitrogen and oxygen atoms in total. The molecule has 1 amide bonds. The standard InChI is InChI=1S/C23H29N5O2/c1-4-26(2)23(29)21-22-24-12-9-20(28(22)16-25-21)18-10-13-27(14-11-18)15-17-5-7-19(30-3)8-6-17/h5-9,12,16,18H,4,10-11,13-15H2,1-3H3. The first-order chi connectivity index (χ1) is 14.6. The summed E-state index contributed by atoms with van der Waals surface area (Å²) in [7, 11) is 3.48. The summed E-state index contributed by atoms with van der Waals surface area (Å²) in [6.45, 7) is 5.63. The summed E-state index contributed by atoms with van der Waals surface area (Å²) in [4.78, 5) is 25.6. The zero-order valence-corrected chi connectivity index (χ0v) is 17.9. The lowest BCUT2D eigenvalue weighted by Crippen LogP contribution is -2.33. The van der Waals surface area contributed by atoms with Gasteiger partial charge in [0.2, 0.25) is 0 Å². The Morgan fingerprint density at radius 3 is 2.57 bits per heavy atom. The lowest BCUT2D eigenvalue weighted by Gasteiger charge is -2.32. The second kappa shape index (κ2) is 8.83. The molecule has 0 atom stereocenters. The Bertz CT molecular complexity index is 1010. The number of likely N-dealkylation sites (tertiary alicyclic amines) is 1. The molecule has 0 aliphatic carbocycles. The van der Waals surface area contributed by atoms with Crippen molar-refractivity contribution in [1.82, 2.24) is 24.2 Å². The van der Waals surface area contributed by atoms with Crippen molar-refractivity contribution in [2.75, 3.05) is 33.8 Å². The third kappa shape index (κ3) is 4.03. The third-order valence-corrected chi connectivity index (χ3v) is 6.06. The first-order valence-electron chi connectivity index (χ1n) is 10.5. The van der Waals surface area contributed by atoms with Crippen LogP contribution in [-0.2, 0) is 6.54 Å². The first kappa shape index (κ1) is 20.3. The highest BCUT2D eigenvalue weighted by molar-refractivity contribution is 5.97. The third-order valence-electron chi connectivity index (χ3n) is 6.06. The van der Waals surface area contributed by atoms with E-state index >= 15 is 0 Å². The van der Waals surface area contributed by atoms with Gasteiger partial charge in [-0.25, -0.2) is 9.97 Å². The van der Waals surface area contributed by atoms with Crippen molar-refractivity contribution in [1.29, 1.82) is 0 Å². The molecule has 1 fully saturated rings. The van der Waals surface area contributed by atoms with Crippen molar-refractivity contribution in [2.45, 2.75) is 32.2 Å². The second-order valence-corrected chi connectivity index (χ2v) is 7.87. The van der Waals surface area contributed by atoms with E-state index in [1.54, 1.807) is 31.6 Å². The van der Waals surface area contributed by atoms with E-state index < -0.39 is 0 Å². The van der Waals surface area contributed by atoms with Gasteiger partial charge in [0.1, 0.15) is 12.1 Å². The number of hydrogen-bond donors (Lipinski definition) is 0. The van der Waals surface area contributed by atoms with E-state index in [9.17, 15) is 4.79 Å². The molecular formula is C23H29N5O2. The number of methoxy groups -OCH3 is 1. The van der Waals surface area contributed by atoms with Crippen molar-refractivity contribution in [2.24, 2.45) is 0 Å². The minimum Gasteiger partial charge on any atom is -0.497 e. The minimum atomic E-state index is -0.0843. The SMILES string of the molecule is CCN(C)C(=O)c1ncn2c(C3CCN(Cc4ccc(OC)cc4)CC3)ccnc12. The van der Waals surface area contributed by atoms with Gasteiger partial charge >= 0.3 is 0 Å². The maximum absolute atomic E-state index is 12.6. The van der Waals surface area contributed by atoms with Crippen LogP contribution in [0, 0.1) is 0 Å². The van der Waals surface area contributed by atoms with Gasteiger partial charge in [0.15, 0.2) is 11.3 Å². The molecule has 1 aliphatic rings. The van der Waals surface area contributed by atoms with E-state index in [2.05, 4.69) is 33.1 Å². The van der Waals surface area contributed by atoms with Crippen LogP contribution in [0.3, 0.4) is 0 Å². The van der Waals surface area contributed by atoms with Crippen LogP contribution in [0.2, 0.25) is 0 Å². The molecule has 0 spiro atoms. The molecule has 158 valence electrons. The smallest absolute Gasteiger partial charge is 0.276 e. The molecule has 1 aromatic carbocycles. The number of carbonyl (C=O) groups excluding carboxylic acids is 1. The molecule has 4 rings (SSSR count).